The molecule has 2 rings (SSSR count). The smallest absolute Gasteiger partial charge is 0.137 e. The molecule has 0 spiro atoms. The minimum Gasteiger partial charge on any atom is -0.316 e. The second-order valence-electron chi connectivity index (χ2n) is 5.17. The van der Waals surface area contributed by atoms with Gasteiger partial charge in [-0.25, -0.2) is 0 Å². The van der Waals surface area contributed by atoms with Crippen molar-refractivity contribution < 1.29 is 4.79 Å². The maximum Gasteiger partial charge on any atom is 0.137 e. The number of nitrogens with one attached hydrogen (secondary N) is 1. The molecule has 0 unspecified atom stereocenters. The predicted octanol–water partition coefficient (Wildman–Crippen LogP) is 2.45. The fraction of sp³-hybridized carbons (Fsp3) is 0.500. The second kappa shape index (κ2) is 7.06. The van der Waals surface area contributed by atoms with Crippen LogP contribution in [0.1, 0.15) is 36.8 Å². The van der Waals surface area contributed by atoms with E-state index in [4.69, 9.17) is 5.26 Å². The number of nitriles is 1. The van der Waals surface area contributed by atoms with Crippen molar-refractivity contribution in [2.75, 3.05) is 13.1 Å². The van der Waals surface area contributed by atoms with Crippen LogP contribution in [0.25, 0.3) is 0 Å². The molecule has 100 valence electrons. The Bertz CT molecular complexity index is 453. The molecular weight excluding hydrogens is 236 g/mol. The summed E-state index contributed by atoms with van der Waals surface area (Å²) in [7, 11) is 0. The molecule has 1 aliphatic rings. The topological polar surface area (TPSA) is 52.9 Å². The summed E-state index contributed by atoms with van der Waals surface area (Å²) in [5.74, 6) is 0.635. The number of carbonyl (C=O) groups is 1. The van der Waals surface area contributed by atoms with Crippen LogP contribution < -0.4 is 5.32 Å². The van der Waals surface area contributed by atoms with Crippen LogP contribution in [0.4, 0.5) is 0 Å². The summed E-state index contributed by atoms with van der Waals surface area (Å²) in [5, 5.41) is 12.0. The van der Waals surface area contributed by atoms with Gasteiger partial charge in [0.1, 0.15) is 5.78 Å². The van der Waals surface area contributed by atoms with E-state index in [0.29, 0.717) is 17.8 Å². The van der Waals surface area contributed by atoms with Gasteiger partial charge in [0, 0.05) is 18.9 Å². The monoisotopic (exact) mass is 256 g/mol. The van der Waals surface area contributed by atoms with E-state index >= 15 is 0 Å². The zero-order valence-electron chi connectivity index (χ0n) is 11.2. The number of ketones is 1. The van der Waals surface area contributed by atoms with Crippen LogP contribution in [0.3, 0.4) is 0 Å². The molecule has 1 aliphatic heterocycles. The Labute approximate surface area is 114 Å². The quantitative estimate of drug-likeness (QED) is 0.880. The molecule has 0 saturated carbocycles. The van der Waals surface area contributed by atoms with Gasteiger partial charge in [-0.1, -0.05) is 12.1 Å². The van der Waals surface area contributed by atoms with Crippen LogP contribution in [0.15, 0.2) is 24.3 Å². The Balaban J connectivity index is 1.73. The van der Waals surface area contributed by atoms with Crippen molar-refractivity contribution in [1.82, 2.24) is 5.32 Å². The third-order valence-electron chi connectivity index (χ3n) is 3.72. The first-order chi connectivity index (χ1) is 9.29. The second-order valence-corrected chi connectivity index (χ2v) is 5.17. The highest BCUT2D eigenvalue weighted by molar-refractivity contribution is 5.81. The molecule has 1 heterocycles. The van der Waals surface area contributed by atoms with Gasteiger partial charge in [-0.05, 0) is 49.9 Å². The van der Waals surface area contributed by atoms with Crippen LogP contribution >= 0.6 is 0 Å². The third kappa shape index (κ3) is 4.18. The fourth-order valence-electron chi connectivity index (χ4n) is 2.54. The number of piperidine rings is 1. The van der Waals surface area contributed by atoms with E-state index in [1.54, 1.807) is 0 Å². The fourth-order valence-corrected chi connectivity index (χ4v) is 2.54. The molecule has 0 aromatic heterocycles. The first-order valence-electron chi connectivity index (χ1n) is 7.02. The number of Topliss-reactive ketones (excluding diaryl/α,β-unsaturated/α-hetero) is 1. The maximum absolute atomic E-state index is 12.0. The number of benzene rings is 1. The normalized spacial score (nSPS) is 18.8. The Kier molecular flexibility index (Phi) is 5.11. The van der Waals surface area contributed by atoms with E-state index in [-0.39, 0.29) is 5.92 Å². The molecule has 0 radical (unpaired) electrons. The van der Waals surface area contributed by atoms with E-state index in [9.17, 15) is 4.79 Å². The van der Waals surface area contributed by atoms with Gasteiger partial charge < -0.3 is 5.32 Å². The minimum absolute atomic E-state index is 0.231. The number of hydrogen-bond acceptors (Lipinski definition) is 3. The van der Waals surface area contributed by atoms with Crippen molar-refractivity contribution in [2.45, 2.75) is 32.1 Å². The van der Waals surface area contributed by atoms with Crippen LogP contribution in [-0.4, -0.2) is 18.9 Å². The molecule has 1 N–H and O–H groups in total. The van der Waals surface area contributed by atoms with Crippen molar-refractivity contribution in [3.05, 3.63) is 35.4 Å². The number of nitrogens with zero attached hydrogens (tertiary/aromatic N) is 1. The molecule has 1 fully saturated rings. The van der Waals surface area contributed by atoms with Crippen LogP contribution in [0, 0.1) is 17.2 Å². The Morgan fingerprint density at radius 1 is 1.37 bits per heavy atom. The molecule has 3 nitrogen and oxygen atoms in total. The number of rotatable bonds is 5. The summed E-state index contributed by atoms with van der Waals surface area (Å²) in [4.78, 5) is 12.0. The molecule has 0 aliphatic carbocycles. The summed E-state index contributed by atoms with van der Waals surface area (Å²) in [6.45, 7) is 1.91. The van der Waals surface area contributed by atoms with Crippen LogP contribution in [0.2, 0.25) is 0 Å². The van der Waals surface area contributed by atoms with E-state index in [0.717, 1.165) is 38.8 Å². The van der Waals surface area contributed by atoms with Gasteiger partial charge >= 0.3 is 0 Å². The first-order valence-corrected chi connectivity index (χ1v) is 7.02. The van der Waals surface area contributed by atoms with Gasteiger partial charge in [0.05, 0.1) is 11.6 Å². The Morgan fingerprint density at radius 2 is 2.16 bits per heavy atom. The van der Waals surface area contributed by atoms with Gasteiger partial charge in [-0.3, -0.25) is 4.79 Å². The third-order valence-corrected chi connectivity index (χ3v) is 3.72. The Hall–Kier alpha value is -1.66. The summed E-state index contributed by atoms with van der Waals surface area (Å²) < 4.78 is 0. The lowest BCUT2D eigenvalue weighted by Gasteiger charge is -2.21. The van der Waals surface area contributed by atoms with Crippen molar-refractivity contribution in [3.63, 3.8) is 0 Å². The van der Waals surface area contributed by atoms with Crippen LogP contribution in [-0.2, 0) is 11.2 Å². The lowest BCUT2D eigenvalue weighted by atomic mass is 9.92. The highest BCUT2D eigenvalue weighted by Gasteiger charge is 2.19. The largest absolute Gasteiger partial charge is 0.316 e. The highest BCUT2D eigenvalue weighted by atomic mass is 16.1. The zero-order valence-corrected chi connectivity index (χ0v) is 11.2. The van der Waals surface area contributed by atoms with Crippen molar-refractivity contribution in [2.24, 2.45) is 5.92 Å². The van der Waals surface area contributed by atoms with E-state index in [1.165, 1.54) is 5.56 Å². The van der Waals surface area contributed by atoms with Gasteiger partial charge in [0.2, 0.25) is 0 Å². The van der Waals surface area contributed by atoms with Gasteiger partial charge in [0.15, 0.2) is 0 Å². The van der Waals surface area contributed by atoms with Crippen molar-refractivity contribution >= 4 is 5.78 Å². The van der Waals surface area contributed by atoms with E-state index in [2.05, 4.69) is 11.4 Å². The summed E-state index contributed by atoms with van der Waals surface area (Å²) in [6, 6.07) is 9.74. The summed E-state index contributed by atoms with van der Waals surface area (Å²) in [6.07, 6.45) is 4.65. The molecule has 1 atom stereocenters. The first kappa shape index (κ1) is 13.8. The molecule has 1 aromatic carbocycles. The lowest BCUT2D eigenvalue weighted by molar-refractivity contribution is -0.123. The molecule has 3 heteroatoms. The van der Waals surface area contributed by atoms with Gasteiger partial charge in [-0.2, -0.15) is 5.26 Å². The van der Waals surface area contributed by atoms with Crippen molar-refractivity contribution in [3.8, 4) is 6.07 Å². The average molecular weight is 256 g/mol. The molecule has 1 aromatic rings. The van der Waals surface area contributed by atoms with Gasteiger partial charge in [-0.15, -0.1) is 0 Å². The Morgan fingerprint density at radius 3 is 2.79 bits per heavy atom. The molecule has 0 bridgehead atoms. The van der Waals surface area contributed by atoms with E-state index < -0.39 is 0 Å². The zero-order chi connectivity index (χ0) is 13.5. The molecular formula is C16H20N2O. The number of aryl methyl sites for hydroxylation is 1. The average Bonchev–Trinajstić information content (AvgIpc) is 2.49. The SMILES string of the molecule is N#Cc1ccc(CCCC(=O)[C@@H]2CCCNC2)cc1. The minimum atomic E-state index is 0.231. The molecule has 19 heavy (non-hydrogen) atoms. The van der Waals surface area contributed by atoms with Gasteiger partial charge in [0.25, 0.3) is 0 Å². The number of carbonyl (C=O) groups excluding carboxylic acids is 1. The maximum atomic E-state index is 12.0. The highest BCUT2D eigenvalue weighted by Crippen LogP contribution is 2.15. The lowest BCUT2D eigenvalue weighted by Crippen LogP contribution is -2.34. The standard InChI is InChI=1S/C16H20N2O/c17-11-14-8-6-13(7-9-14)3-1-5-16(19)15-4-2-10-18-12-15/h6-9,15,18H,1-5,10,12H2/t15-/m1/s1. The summed E-state index contributed by atoms with van der Waals surface area (Å²) >= 11 is 0. The van der Waals surface area contributed by atoms with E-state index in [1.807, 2.05) is 24.3 Å². The summed E-state index contributed by atoms with van der Waals surface area (Å²) in [5.41, 5.74) is 1.89. The van der Waals surface area contributed by atoms with Crippen molar-refractivity contribution in [1.29, 1.82) is 5.26 Å². The van der Waals surface area contributed by atoms with Crippen LogP contribution in [0.5, 0.6) is 0 Å². The number of hydrogen-bond donors (Lipinski definition) is 1. The predicted molar refractivity (Wildman–Crippen MR) is 74.7 cm³/mol. The molecule has 1 saturated heterocycles. The molecule has 0 amide bonds.